The van der Waals surface area contributed by atoms with Crippen molar-refractivity contribution in [1.29, 1.82) is 0 Å². The van der Waals surface area contributed by atoms with Gasteiger partial charge in [0.2, 0.25) is 0 Å². The first-order valence-electron chi connectivity index (χ1n) is 6.80. The van der Waals surface area contributed by atoms with Crippen molar-refractivity contribution >= 4 is 5.97 Å². The molecule has 19 heavy (non-hydrogen) atoms. The van der Waals surface area contributed by atoms with Crippen molar-refractivity contribution < 1.29 is 14.6 Å². The third kappa shape index (κ3) is 7.62. The quantitative estimate of drug-likeness (QED) is 0.762. The second-order valence-corrected chi connectivity index (χ2v) is 5.82. The maximum Gasteiger partial charge on any atom is 0.303 e. The van der Waals surface area contributed by atoms with E-state index in [0.29, 0.717) is 6.61 Å². The number of hydrogen-bond donors (Lipinski definition) is 1. The molecule has 0 saturated heterocycles. The molecular weight excluding hydrogens is 240 g/mol. The lowest BCUT2D eigenvalue weighted by atomic mass is 10.0. The van der Waals surface area contributed by atoms with Crippen molar-refractivity contribution in [2.75, 3.05) is 0 Å². The molecule has 0 fully saturated rings. The number of ether oxygens (including phenoxy) is 1. The summed E-state index contributed by atoms with van der Waals surface area (Å²) in [5, 5.41) is 8.58. The third-order valence-corrected chi connectivity index (χ3v) is 2.77. The third-order valence-electron chi connectivity index (χ3n) is 2.77. The van der Waals surface area contributed by atoms with Crippen LogP contribution >= 0.6 is 0 Å². The highest BCUT2D eigenvalue weighted by Gasteiger charge is 2.10. The van der Waals surface area contributed by atoms with E-state index in [9.17, 15) is 4.79 Å². The van der Waals surface area contributed by atoms with Crippen molar-refractivity contribution in [3.8, 4) is 0 Å². The zero-order valence-corrected chi connectivity index (χ0v) is 12.1. The van der Waals surface area contributed by atoms with Crippen LogP contribution in [0.5, 0.6) is 0 Å². The molecule has 106 valence electrons. The normalized spacial score (nSPS) is 11.5. The molecule has 0 unspecified atom stereocenters. The van der Waals surface area contributed by atoms with Crippen LogP contribution in [-0.2, 0) is 22.6 Å². The molecule has 0 amide bonds. The largest absolute Gasteiger partial charge is 0.481 e. The maximum atomic E-state index is 10.4. The Morgan fingerprint density at radius 3 is 2.53 bits per heavy atom. The van der Waals surface area contributed by atoms with Gasteiger partial charge in [0.15, 0.2) is 0 Å². The lowest BCUT2D eigenvalue weighted by molar-refractivity contribution is -0.137. The van der Waals surface area contributed by atoms with Crippen LogP contribution in [0, 0.1) is 0 Å². The number of carboxylic acid groups (broad SMARTS) is 1. The van der Waals surface area contributed by atoms with E-state index in [0.717, 1.165) is 19.3 Å². The van der Waals surface area contributed by atoms with E-state index in [-0.39, 0.29) is 12.0 Å². The van der Waals surface area contributed by atoms with Crippen LogP contribution in [0.15, 0.2) is 24.3 Å². The van der Waals surface area contributed by atoms with Crippen molar-refractivity contribution in [3.63, 3.8) is 0 Å². The van der Waals surface area contributed by atoms with E-state index < -0.39 is 5.97 Å². The standard InChI is InChI=1S/C16H24O3/c1-16(2,3)19-12-14-9-6-8-13(11-14)7-4-5-10-15(17)18/h6,8-9,11H,4-5,7,10,12H2,1-3H3,(H,17,18). The SMILES string of the molecule is CC(C)(C)OCc1cccc(CCCCC(=O)O)c1. The minimum atomic E-state index is -0.715. The molecule has 1 aromatic rings. The molecule has 0 atom stereocenters. The van der Waals surface area contributed by atoms with Gasteiger partial charge in [-0.2, -0.15) is 0 Å². The summed E-state index contributed by atoms with van der Waals surface area (Å²) in [6.07, 6.45) is 2.83. The summed E-state index contributed by atoms with van der Waals surface area (Å²) in [7, 11) is 0. The first kappa shape index (κ1) is 15.7. The Bertz CT molecular complexity index is 405. The molecule has 1 aromatic carbocycles. The summed E-state index contributed by atoms with van der Waals surface area (Å²) in [5.41, 5.74) is 2.29. The lowest BCUT2D eigenvalue weighted by Crippen LogP contribution is -2.18. The molecule has 1 N–H and O–H groups in total. The summed E-state index contributed by atoms with van der Waals surface area (Å²) in [4.78, 5) is 10.4. The van der Waals surface area contributed by atoms with E-state index in [1.807, 2.05) is 26.8 Å². The molecule has 0 aliphatic carbocycles. The highest BCUT2D eigenvalue weighted by atomic mass is 16.5. The minimum absolute atomic E-state index is 0.127. The van der Waals surface area contributed by atoms with Crippen molar-refractivity contribution in [1.82, 2.24) is 0 Å². The summed E-state index contributed by atoms with van der Waals surface area (Å²) in [5.74, 6) is -0.715. The molecule has 3 nitrogen and oxygen atoms in total. The molecule has 0 heterocycles. The fraction of sp³-hybridized carbons (Fsp3) is 0.562. The Kier molecular flexibility index (Phi) is 6.03. The van der Waals surface area contributed by atoms with Crippen LogP contribution in [0.25, 0.3) is 0 Å². The highest BCUT2D eigenvalue weighted by Crippen LogP contribution is 2.14. The van der Waals surface area contributed by atoms with Crippen LogP contribution in [0.1, 0.15) is 51.2 Å². The highest BCUT2D eigenvalue weighted by molar-refractivity contribution is 5.66. The number of aliphatic carboxylic acids is 1. The molecule has 1 rings (SSSR count). The van der Waals surface area contributed by atoms with Crippen LogP contribution in [-0.4, -0.2) is 16.7 Å². The van der Waals surface area contributed by atoms with Gasteiger partial charge in [-0.05, 0) is 51.2 Å². The van der Waals surface area contributed by atoms with Gasteiger partial charge in [-0.3, -0.25) is 4.79 Å². The minimum Gasteiger partial charge on any atom is -0.481 e. The fourth-order valence-electron chi connectivity index (χ4n) is 1.78. The second-order valence-electron chi connectivity index (χ2n) is 5.82. The molecule has 0 aliphatic rings. The topological polar surface area (TPSA) is 46.5 Å². The number of carbonyl (C=O) groups is 1. The van der Waals surface area contributed by atoms with E-state index in [4.69, 9.17) is 9.84 Å². The average molecular weight is 264 g/mol. The lowest BCUT2D eigenvalue weighted by Gasteiger charge is -2.19. The van der Waals surface area contributed by atoms with Gasteiger partial charge < -0.3 is 9.84 Å². The van der Waals surface area contributed by atoms with Gasteiger partial charge in [-0.25, -0.2) is 0 Å². The van der Waals surface area contributed by atoms with Crippen molar-refractivity contribution in [2.24, 2.45) is 0 Å². The molecule has 0 radical (unpaired) electrons. The van der Waals surface area contributed by atoms with Gasteiger partial charge >= 0.3 is 5.97 Å². The first-order chi connectivity index (χ1) is 8.87. The summed E-state index contributed by atoms with van der Waals surface area (Å²) >= 11 is 0. The number of benzene rings is 1. The van der Waals surface area contributed by atoms with Gasteiger partial charge in [0.1, 0.15) is 0 Å². The Morgan fingerprint density at radius 1 is 1.21 bits per heavy atom. The Balaban J connectivity index is 2.41. The van der Waals surface area contributed by atoms with Crippen LogP contribution in [0.2, 0.25) is 0 Å². The predicted molar refractivity (Wildman–Crippen MR) is 76.2 cm³/mol. The zero-order valence-electron chi connectivity index (χ0n) is 12.1. The average Bonchev–Trinajstić information content (AvgIpc) is 2.32. The van der Waals surface area contributed by atoms with E-state index in [2.05, 4.69) is 18.2 Å². The second kappa shape index (κ2) is 7.29. The zero-order chi connectivity index (χ0) is 14.3. The molecule has 0 aliphatic heterocycles. The fourth-order valence-corrected chi connectivity index (χ4v) is 1.78. The van der Waals surface area contributed by atoms with Crippen LogP contribution in [0.3, 0.4) is 0 Å². The molecule has 0 bridgehead atoms. The smallest absolute Gasteiger partial charge is 0.303 e. The molecule has 0 saturated carbocycles. The van der Waals surface area contributed by atoms with Crippen LogP contribution in [0.4, 0.5) is 0 Å². The van der Waals surface area contributed by atoms with Crippen LogP contribution < -0.4 is 0 Å². The van der Waals surface area contributed by atoms with Gasteiger partial charge in [-0.1, -0.05) is 24.3 Å². The Labute approximate surface area is 115 Å². The van der Waals surface area contributed by atoms with E-state index in [1.165, 1.54) is 11.1 Å². The molecule has 0 spiro atoms. The maximum absolute atomic E-state index is 10.4. The molecular formula is C16H24O3. The first-order valence-corrected chi connectivity index (χ1v) is 6.80. The Hall–Kier alpha value is -1.35. The Morgan fingerprint density at radius 2 is 1.89 bits per heavy atom. The molecule has 3 heteroatoms. The number of rotatable bonds is 7. The predicted octanol–water partition coefficient (Wildman–Crippen LogP) is 3.80. The van der Waals surface area contributed by atoms with E-state index in [1.54, 1.807) is 0 Å². The monoisotopic (exact) mass is 264 g/mol. The number of unbranched alkanes of at least 4 members (excludes halogenated alkanes) is 1. The van der Waals surface area contributed by atoms with Crippen molar-refractivity contribution in [3.05, 3.63) is 35.4 Å². The molecule has 0 aromatic heterocycles. The number of aryl methyl sites for hydroxylation is 1. The van der Waals surface area contributed by atoms with Gasteiger partial charge in [0, 0.05) is 6.42 Å². The van der Waals surface area contributed by atoms with Crippen molar-refractivity contribution in [2.45, 2.75) is 58.7 Å². The number of carboxylic acids is 1. The summed E-state index contributed by atoms with van der Waals surface area (Å²) in [6, 6.07) is 8.33. The number of hydrogen-bond acceptors (Lipinski definition) is 2. The summed E-state index contributed by atoms with van der Waals surface area (Å²) in [6.45, 7) is 6.75. The van der Waals surface area contributed by atoms with Gasteiger partial charge in [0.05, 0.1) is 12.2 Å². The van der Waals surface area contributed by atoms with Gasteiger partial charge in [-0.15, -0.1) is 0 Å². The summed E-state index contributed by atoms with van der Waals surface area (Å²) < 4.78 is 5.75. The van der Waals surface area contributed by atoms with Gasteiger partial charge in [0.25, 0.3) is 0 Å². The van der Waals surface area contributed by atoms with E-state index >= 15 is 0 Å².